The molecule has 2 aliphatic heterocycles. The van der Waals surface area contributed by atoms with Gasteiger partial charge in [-0.05, 0) is 50.6 Å². The molecule has 0 radical (unpaired) electrons. The van der Waals surface area contributed by atoms with Crippen LogP contribution in [0.25, 0.3) is 0 Å². The number of carbonyl (C=O) groups is 2. The van der Waals surface area contributed by atoms with Gasteiger partial charge in [0.1, 0.15) is 0 Å². The van der Waals surface area contributed by atoms with Gasteiger partial charge in [-0.25, -0.2) is 0 Å². The number of amides is 2. The Morgan fingerprint density at radius 1 is 1.11 bits per heavy atom. The molecule has 2 heterocycles. The quantitative estimate of drug-likeness (QED) is 0.796. The van der Waals surface area contributed by atoms with Crippen molar-refractivity contribution in [2.75, 3.05) is 37.7 Å². The summed E-state index contributed by atoms with van der Waals surface area (Å²) >= 11 is 1.91. The van der Waals surface area contributed by atoms with Crippen molar-refractivity contribution in [3.8, 4) is 0 Å². The molecule has 2 atom stereocenters. The molecule has 0 aromatic heterocycles. The number of benzene rings is 1. The number of nitrogens with zero attached hydrogens (tertiary/aromatic N) is 2. The van der Waals surface area contributed by atoms with E-state index in [2.05, 4.69) is 41.4 Å². The van der Waals surface area contributed by atoms with Crippen molar-refractivity contribution in [3.63, 3.8) is 0 Å². The van der Waals surface area contributed by atoms with Gasteiger partial charge < -0.3 is 10.2 Å². The van der Waals surface area contributed by atoms with Crippen LogP contribution in [-0.2, 0) is 9.59 Å². The smallest absolute Gasteiger partial charge is 0.239 e. The molecule has 28 heavy (non-hydrogen) atoms. The summed E-state index contributed by atoms with van der Waals surface area (Å²) in [5.74, 6) is 2.87. The first kappa shape index (κ1) is 19.8. The summed E-state index contributed by atoms with van der Waals surface area (Å²) in [6, 6.07) is 8.48. The maximum atomic E-state index is 12.9. The van der Waals surface area contributed by atoms with Crippen LogP contribution < -0.4 is 5.32 Å². The summed E-state index contributed by atoms with van der Waals surface area (Å²) in [4.78, 5) is 29.9. The van der Waals surface area contributed by atoms with Crippen LogP contribution in [-0.4, -0.2) is 65.3 Å². The lowest BCUT2D eigenvalue weighted by atomic mass is 10.0. The number of carbonyl (C=O) groups excluding carboxylic acids is 2. The summed E-state index contributed by atoms with van der Waals surface area (Å²) in [5.41, 5.74) is 2.43. The second-order valence-electron chi connectivity index (χ2n) is 8.36. The predicted molar refractivity (Wildman–Crippen MR) is 113 cm³/mol. The van der Waals surface area contributed by atoms with Crippen molar-refractivity contribution in [1.82, 2.24) is 15.1 Å². The first-order valence-corrected chi connectivity index (χ1v) is 11.7. The molecule has 1 aromatic rings. The SMILES string of the molecule is Cc1ccc(C(NC(=O)CN2CCCC2C(=O)N2CCSCC2)C2CC2)cc1. The highest BCUT2D eigenvalue weighted by Crippen LogP contribution is 2.41. The van der Waals surface area contributed by atoms with Crippen LogP contribution in [0, 0.1) is 12.8 Å². The molecule has 1 aromatic carbocycles. The lowest BCUT2D eigenvalue weighted by Crippen LogP contribution is -2.50. The zero-order valence-corrected chi connectivity index (χ0v) is 17.5. The van der Waals surface area contributed by atoms with Crippen molar-refractivity contribution in [3.05, 3.63) is 35.4 Å². The van der Waals surface area contributed by atoms with Crippen LogP contribution in [0.2, 0.25) is 0 Å². The molecule has 4 rings (SSSR count). The van der Waals surface area contributed by atoms with Gasteiger partial charge in [-0.2, -0.15) is 11.8 Å². The molecule has 2 unspecified atom stereocenters. The van der Waals surface area contributed by atoms with E-state index in [0.717, 1.165) is 44.0 Å². The zero-order chi connectivity index (χ0) is 19.5. The molecule has 2 amide bonds. The van der Waals surface area contributed by atoms with Crippen LogP contribution in [0.1, 0.15) is 42.9 Å². The highest BCUT2D eigenvalue weighted by molar-refractivity contribution is 7.99. The van der Waals surface area contributed by atoms with E-state index in [1.54, 1.807) is 0 Å². The molecule has 1 aliphatic carbocycles. The zero-order valence-electron chi connectivity index (χ0n) is 16.7. The second kappa shape index (κ2) is 8.87. The summed E-state index contributed by atoms with van der Waals surface area (Å²) in [5, 5.41) is 3.27. The number of likely N-dealkylation sites (tertiary alicyclic amines) is 1. The highest BCUT2D eigenvalue weighted by Gasteiger charge is 2.37. The molecule has 6 heteroatoms. The van der Waals surface area contributed by atoms with Gasteiger partial charge in [0.25, 0.3) is 0 Å². The molecular weight excluding hydrogens is 370 g/mol. The Hall–Kier alpha value is -1.53. The van der Waals surface area contributed by atoms with Crippen molar-refractivity contribution in [1.29, 1.82) is 0 Å². The molecule has 2 saturated heterocycles. The maximum absolute atomic E-state index is 12.9. The van der Waals surface area contributed by atoms with E-state index in [4.69, 9.17) is 0 Å². The van der Waals surface area contributed by atoms with Crippen molar-refractivity contribution < 1.29 is 9.59 Å². The van der Waals surface area contributed by atoms with E-state index in [9.17, 15) is 9.59 Å². The molecule has 152 valence electrons. The van der Waals surface area contributed by atoms with Crippen LogP contribution >= 0.6 is 11.8 Å². The number of hydrogen-bond acceptors (Lipinski definition) is 4. The molecular formula is C22H31N3O2S. The number of rotatable bonds is 6. The fraction of sp³-hybridized carbons (Fsp3) is 0.636. The van der Waals surface area contributed by atoms with E-state index in [-0.39, 0.29) is 23.9 Å². The van der Waals surface area contributed by atoms with Gasteiger partial charge in [-0.3, -0.25) is 14.5 Å². The maximum Gasteiger partial charge on any atom is 0.239 e. The molecule has 1 saturated carbocycles. The van der Waals surface area contributed by atoms with Crippen LogP contribution in [0.15, 0.2) is 24.3 Å². The minimum atomic E-state index is -0.118. The van der Waals surface area contributed by atoms with E-state index in [0.29, 0.717) is 12.5 Å². The average molecular weight is 402 g/mol. The van der Waals surface area contributed by atoms with Gasteiger partial charge in [-0.15, -0.1) is 0 Å². The number of aryl methyl sites for hydroxylation is 1. The summed E-state index contributed by atoms with van der Waals surface area (Å²) in [7, 11) is 0. The lowest BCUT2D eigenvalue weighted by Gasteiger charge is -2.32. The van der Waals surface area contributed by atoms with Gasteiger partial charge >= 0.3 is 0 Å². The van der Waals surface area contributed by atoms with E-state index < -0.39 is 0 Å². The largest absolute Gasteiger partial charge is 0.348 e. The van der Waals surface area contributed by atoms with Gasteiger partial charge in [0.15, 0.2) is 0 Å². The van der Waals surface area contributed by atoms with Gasteiger partial charge in [-0.1, -0.05) is 29.8 Å². The molecule has 3 aliphatic rings. The molecule has 0 bridgehead atoms. The number of nitrogens with one attached hydrogen (secondary N) is 1. The van der Waals surface area contributed by atoms with Crippen LogP contribution in [0.4, 0.5) is 0 Å². The van der Waals surface area contributed by atoms with Gasteiger partial charge in [0, 0.05) is 24.6 Å². The Labute approximate surface area is 172 Å². The van der Waals surface area contributed by atoms with Gasteiger partial charge in [0.2, 0.25) is 11.8 Å². The molecule has 5 nitrogen and oxygen atoms in total. The Bertz CT molecular complexity index is 698. The summed E-state index contributed by atoms with van der Waals surface area (Å²) in [6.07, 6.45) is 4.23. The highest BCUT2D eigenvalue weighted by atomic mass is 32.2. The van der Waals surface area contributed by atoms with Crippen LogP contribution in [0.3, 0.4) is 0 Å². The fourth-order valence-corrected chi connectivity index (χ4v) is 5.27. The van der Waals surface area contributed by atoms with E-state index >= 15 is 0 Å². The Morgan fingerprint density at radius 2 is 1.82 bits per heavy atom. The Morgan fingerprint density at radius 3 is 2.50 bits per heavy atom. The fourth-order valence-electron chi connectivity index (χ4n) is 4.37. The topological polar surface area (TPSA) is 52.7 Å². The molecule has 3 fully saturated rings. The van der Waals surface area contributed by atoms with E-state index in [1.807, 2.05) is 16.7 Å². The number of thioether (sulfide) groups is 1. The van der Waals surface area contributed by atoms with E-state index in [1.165, 1.54) is 24.0 Å². The standard InChI is InChI=1S/C22H31N3O2S/c1-16-4-6-17(7-5-16)21(18-8-9-18)23-20(26)15-25-10-2-3-19(25)22(27)24-11-13-28-14-12-24/h4-7,18-19,21H,2-3,8-15H2,1H3,(H,23,26). The minimum Gasteiger partial charge on any atom is -0.348 e. The van der Waals surface area contributed by atoms with Gasteiger partial charge in [0.05, 0.1) is 18.6 Å². The molecule has 0 spiro atoms. The Kier molecular flexibility index (Phi) is 6.26. The third kappa shape index (κ3) is 4.71. The normalized spacial score (nSPS) is 24.2. The third-order valence-electron chi connectivity index (χ3n) is 6.16. The first-order chi connectivity index (χ1) is 13.6. The lowest BCUT2D eigenvalue weighted by molar-refractivity contribution is -0.136. The predicted octanol–water partition coefficient (Wildman–Crippen LogP) is 2.60. The van der Waals surface area contributed by atoms with Crippen molar-refractivity contribution >= 4 is 23.6 Å². The first-order valence-electron chi connectivity index (χ1n) is 10.6. The summed E-state index contributed by atoms with van der Waals surface area (Å²) < 4.78 is 0. The van der Waals surface area contributed by atoms with Crippen molar-refractivity contribution in [2.24, 2.45) is 5.92 Å². The Balaban J connectivity index is 1.36. The average Bonchev–Trinajstić information content (AvgIpc) is 3.46. The minimum absolute atomic E-state index is 0.0476. The van der Waals surface area contributed by atoms with Crippen molar-refractivity contribution in [2.45, 2.75) is 44.7 Å². The van der Waals surface area contributed by atoms with Crippen LogP contribution in [0.5, 0.6) is 0 Å². The summed E-state index contributed by atoms with van der Waals surface area (Å²) in [6.45, 7) is 4.94. The molecule has 1 N–H and O–H groups in total. The number of hydrogen-bond donors (Lipinski definition) is 1. The monoisotopic (exact) mass is 401 g/mol. The third-order valence-corrected chi connectivity index (χ3v) is 7.11. The second-order valence-corrected chi connectivity index (χ2v) is 9.58.